The maximum atomic E-state index is 11.6. The predicted molar refractivity (Wildman–Crippen MR) is 52.6 cm³/mol. The third-order valence-electron chi connectivity index (χ3n) is 2.03. The molecule has 0 saturated heterocycles. The number of ketones is 2. The van der Waals surface area contributed by atoms with Crippen molar-refractivity contribution in [2.24, 2.45) is 0 Å². The molecule has 5 heteroatoms. The summed E-state index contributed by atoms with van der Waals surface area (Å²) in [5.74, 6) is -0.367. The smallest absolute Gasteiger partial charge is 0.174 e. The van der Waals surface area contributed by atoms with Crippen LogP contribution in [0.5, 0.6) is 0 Å². The van der Waals surface area contributed by atoms with Crippen molar-refractivity contribution in [3.63, 3.8) is 0 Å². The third kappa shape index (κ3) is 1.76. The first-order valence-electron chi connectivity index (χ1n) is 4.48. The molecular weight excluding hydrogens is 194 g/mol. The summed E-state index contributed by atoms with van der Waals surface area (Å²) < 4.78 is 1.56. The molecule has 0 aliphatic heterocycles. The van der Waals surface area contributed by atoms with Gasteiger partial charge in [-0.05, 0) is 6.92 Å². The molecule has 0 fully saturated rings. The number of rotatable bonds is 3. The zero-order valence-corrected chi connectivity index (χ0v) is 8.17. The van der Waals surface area contributed by atoms with E-state index in [0.29, 0.717) is 11.1 Å². The minimum atomic E-state index is -0.217. The molecule has 76 valence electrons. The molecule has 5 nitrogen and oxygen atoms in total. The second-order valence-corrected chi connectivity index (χ2v) is 3.27. The minimum absolute atomic E-state index is 0.0871. The summed E-state index contributed by atoms with van der Waals surface area (Å²) in [5, 5.41) is 3.99. The van der Waals surface area contributed by atoms with Gasteiger partial charge in [0, 0.05) is 12.4 Å². The van der Waals surface area contributed by atoms with Gasteiger partial charge in [0.25, 0.3) is 0 Å². The quantitative estimate of drug-likeness (QED) is 0.549. The lowest BCUT2D eigenvalue weighted by Crippen LogP contribution is -2.04. The number of nitrogens with zero attached hydrogens (tertiary/aromatic N) is 3. The van der Waals surface area contributed by atoms with Crippen LogP contribution in [0.15, 0.2) is 24.8 Å². The van der Waals surface area contributed by atoms with Crippen LogP contribution in [0.3, 0.4) is 0 Å². The average molecular weight is 203 g/mol. The maximum absolute atomic E-state index is 11.6. The Labute approximate surface area is 85.7 Å². The molecule has 2 rings (SSSR count). The van der Waals surface area contributed by atoms with Crippen molar-refractivity contribution in [1.29, 1.82) is 0 Å². The molecule has 0 radical (unpaired) electrons. The molecule has 15 heavy (non-hydrogen) atoms. The summed E-state index contributed by atoms with van der Waals surface area (Å²) in [7, 11) is 0. The highest BCUT2D eigenvalue weighted by atomic mass is 16.1. The Balaban J connectivity index is 2.44. The van der Waals surface area contributed by atoms with Gasteiger partial charge in [-0.25, -0.2) is 4.52 Å². The first-order valence-corrected chi connectivity index (χ1v) is 4.48. The molecule has 0 saturated carbocycles. The molecule has 0 spiro atoms. The topological polar surface area (TPSA) is 64.3 Å². The Morgan fingerprint density at radius 1 is 1.40 bits per heavy atom. The fourth-order valence-corrected chi connectivity index (χ4v) is 1.37. The molecule has 0 atom stereocenters. The van der Waals surface area contributed by atoms with Crippen LogP contribution in [0.25, 0.3) is 5.52 Å². The lowest BCUT2D eigenvalue weighted by Gasteiger charge is -1.95. The first kappa shape index (κ1) is 9.51. The highest BCUT2D eigenvalue weighted by Gasteiger charge is 2.13. The summed E-state index contributed by atoms with van der Waals surface area (Å²) in [6, 6.07) is 0. The van der Waals surface area contributed by atoms with Crippen LogP contribution >= 0.6 is 0 Å². The van der Waals surface area contributed by atoms with Crippen LogP contribution in [0.1, 0.15) is 23.7 Å². The molecule has 0 amide bonds. The molecule has 2 aromatic heterocycles. The van der Waals surface area contributed by atoms with Crippen molar-refractivity contribution in [1.82, 2.24) is 14.6 Å². The van der Waals surface area contributed by atoms with Crippen LogP contribution in [0.4, 0.5) is 0 Å². The summed E-state index contributed by atoms with van der Waals surface area (Å²) in [5.41, 5.74) is 1.07. The van der Waals surface area contributed by atoms with Gasteiger partial charge in [0.15, 0.2) is 5.78 Å². The SMILES string of the molecule is CC(=O)CC(=O)c1cnn2ccncc12. The average Bonchev–Trinajstić information content (AvgIpc) is 2.59. The number of hydrogen-bond acceptors (Lipinski definition) is 4. The highest BCUT2D eigenvalue weighted by Crippen LogP contribution is 2.11. The van der Waals surface area contributed by atoms with E-state index in [0.717, 1.165) is 0 Å². The Hall–Kier alpha value is -2.04. The number of aromatic nitrogens is 3. The Bertz CT molecular complexity index is 530. The van der Waals surface area contributed by atoms with Crippen LogP contribution in [-0.4, -0.2) is 26.2 Å². The van der Waals surface area contributed by atoms with Crippen LogP contribution < -0.4 is 0 Å². The molecule has 2 aromatic rings. The summed E-state index contributed by atoms with van der Waals surface area (Å²) in [6.07, 6.45) is 6.16. The fraction of sp³-hybridized carbons (Fsp3) is 0.200. The van der Waals surface area contributed by atoms with Gasteiger partial charge in [0.2, 0.25) is 0 Å². The van der Waals surface area contributed by atoms with E-state index in [1.807, 2.05) is 0 Å². The van der Waals surface area contributed by atoms with Crippen molar-refractivity contribution in [2.45, 2.75) is 13.3 Å². The maximum Gasteiger partial charge on any atom is 0.174 e. The second-order valence-electron chi connectivity index (χ2n) is 3.27. The predicted octanol–water partition coefficient (Wildman–Crippen LogP) is 0.891. The van der Waals surface area contributed by atoms with Crippen molar-refractivity contribution in [3.05, 3.63) is 30.4 Å². The van der Waals surface area contributed by atoms with Gasteiger partial charge in [0.1, 0.15) is 5.78 Å². The molecule has 2 heterocycles. The van der Waals surface area contributed by atoms with Crippen molar-refractivity contribution >= 4 is 17.1 Å². The number of hydrogen-bond donors (Lipinski definition) is 0. The van der Waals surface area contributed by atoms with Crippen molar-refractivity contribution < 1.29 is 9.59 Å². The fourth-order valence-electron chi connectivity index (χ4n) is 1.37. The van der Waals surface area contributed by atoms with Gasteiger partial charge in [-0.3, -0.25) is 14.6 Å². The standard InChI is InChI=1S/C10H9N3O2/c1-7(14)4-10(15)8-5-12-13-3-2-11-6-9(8)13/h2-3,5-6H,4H2,1H3. The molecule has 0 aliphatic rings. The van der Waals surface area contributed by atoms with Crippen molar-refractivity contribution in [3.8, 4) is 0 Å². The summed E-state index contributed by atoms with van der Waals surface area (Å²) in [4.78, 5) is 26.4. The largest absolute Gasteiger partial charge is 0.300 e. The van der Waals surface area contributed by atoms with E-state index in [9.17, 15) is 9.59 Å². The monoisotopic (exact) mass is 203 g/mol. The Kier molecular flexibility index (Phi) is 2.29. The van der Waals surface area contributed by atoms with Gasteiger partial charge in [-0.2, -0.15) is 5.10 Å². The molecule has 0 unspecified atom stereocenters. The van der Waals surface area contributed by atoms with E-state index < -0.39 is 0 Å². The number of fused-ring (bicyclic) bond motifs is 1. The third-order valence-corrected chi connectivity index (χ3v) is 2.03. The first-order chi connectivity index (χ1) is 7.18. The van der Waals surface area contributed by atoms with Crippen LogP contribution in [0, 0.1) is 0 Å². The highest BCUT2D eigenvalue weighted by molar-refractivity contribution is 6.10. The minimum Gasteiger partial charge on any atom is -0.300 e. The van der Waals surface area contributed by atoms with E-state index in [1.54, 1.807) is 23.1 Å². The lowest BCUT2D eigenvalue weighted by atomic mass is 10.1. The van der Waals surface area contributed by atoms with Gasteiger partial charge in [-0.15, -0.1) is 0 Å². The molecule has 0 bridgehead atoms. The normalized spacial score (nSPS) is 10.5. The molecule has 0 aromatic carbocycles. The van der Waals surface area contributed by atoms with E-state index in [4.69, 9.17) is 0 Å². The van der Waals surface area contributed by atoms with Crippen molar-refractivity contribution in [2.75, 3.05) is 0 Å². The summed E-state index contributed by atoms with van der Waals surface area (Å²) in [6.45, 7) is 1.39. The zero-order valence-electron chi connectivity index (χ0n) is 8.17. The number of Topliss-reactive ketones (excluding diaryl/α,β-unsaturated/α-hetero) is 2. The lowest BCUT2D eigenvalue weighted by molar-refractivity contribution is -0.116. The van der Waals surface area contributed by atoms with Gasteiger partial charge < -0.3 is 0 Å². The molecule has 0 N–H and O–H groups in total. The second kappa shape index (κ2) is 3.61. The molecular formula is C10H9N3O2. The van der Waals surface area contributed by atoms with E-state index in [2.05, 4.69) is 10.1 Å². The van der Waals surface area contributed by atoms with Gasteiger partial charge in [-0.1, -0.05) is 0 Å². The van der Waals surface area contributed by atoms with E-state index in [1.165, 1.54) is 13.1 Å². The van der Waals surface area contributed by atoms with Crippen LogP contribution in [0.2, 0.25) is 0 Å². The van der Waals surface area contributed by atoms with Gasteiger partial charge in [0.05, 0.1) is 29.9 Å². The molecule has 0 aliphatic carbocycles. The Morgan fingerprint density at radius 2 is 2.20 bits per heavy atom. The number of carbonyl (C=O) groups is 2. The van der Waals surface area contributed by atoms with E-state index >= 15 is 0 Å². The van der Waals surface area contributed by atoms with Crippen LogP contribution in [-0.2, 0) is 4.79 Å². The number of carbonyl (C=O) groups excluding carboxylic acids is 2. The summed E-state index contributed by atoms with van der Waals surface area (Å²) >= 11 is 0. The van der Waals surface area contributed by atoms with Gasteiger partial charge >= 0.3 is 0 Å². The Morgan fingerprint density at radius 3 is 2.93 bits per heavy atom. The van der Waals surface area contributed by atoms with E-state index in [-0.39, 0.29) is 18.0 Å². The zero-order chi connectivity index (χ0) is 10.8.